The van der Waals surface area contributed by atoms with Crippen LogP contribution >= 0.6 is 0 Å². The first-order chi connectivity index (χ1) is 12.1. The molecule has 0 aliphatic rings. The maximum Gasteiger partial charge on any atom is 0.200 e. The molecule has 0 unspecified atom stereocenters. The SMILES string of the molecule is COc1ccc2c(=O)c(-c3ccc(OCC=C(C)C)cc3)coc2c1. The first-order valence-corrected chi connectivity index (χ1v) is 8.04. The molecule has 0 N–H and O–H groups in total. The molecule has 0 saturated heterocycles. The number of hydrogen-bond acceptors (Lipinski definition) is 4. The molecule has 0 aliphatic heterocycles. The Hall–Kier alpha value is -3.01. The zero-order chi connectivity index (χ0) is 17.8. The highest BCUT2D eigenvalue weighted by molar-refractivity contribution is 5.82. The van der Waals surface area contributed by atoms with Gasteiger partial charge in [0.05, 0.1) is 18.1 Å². The first-order valence-electron chi connectivity index (χ1n) is 8.04. The summed E-state index contributed by atoms with van der Waals surface area (Å²) < 4.78 is 16.4. The number of rotatable bonds is 5. The van der Waals surface area contributed by atoms with Crippen molar-refractivity contribution in [3.63, 3.8) is 0 Å². The van der Waals surface area contributed by atoms with E-state index in [0.717, 1.165) is 11.3 Å². The molecule has 0 bridgehead atoms. The van der Waals surface area contributed by atoms with E-state index >= 15 is 0 Å². The van der Waals surface area contributed by atoms with Gasteiger partial charge in [-0.25, -0.2) is 0 Å². The lowest BCUT2D eigenvalue weighted by molar-refractivity contribution is 0.362. The Morgan fingerprint density at radius 1 is 1.08 bits per heavy atom. The van der Waals surface area contributed by atoms with Crippen LogP contribution in [0.15, 0.2) is 69.6 Å². The predicted octanol–water partition coefficient (Wildman–Crippen LogP) is 4.81. The van der Waals surface area contributed by atoms with Gasteiger partial charge in [-0.05, 0) is 49.8 Å². The minimum Gasteiger partial charge on any atom is -0.497 e. The van der Waals surface area contributed by atoms with Gasteiger partial charge in [0.15, 0.2) is 5.43 Å². The number of allylic oxidation sites excluding steroid dienone is 1. The topological polar surface area (TPSA) is 48.7 Å². The van der Waals surface area contributed by atoms with Gasteiger partial charge < -0.3 is 13.9 Å². The van der Waals surface area contributed by atoms with Gasteiger partial charge in [-0.1, -0.05) is 17.7 Å². The fraction of sp³-hybridized carbons (Fsp3) is 0.190. The van der Waals surface area contributed by atoms with Gasteiger partial charge in [0.1, 0.15) is 30.0 Å². The Balaban J connectivity index is 1.90. The lowest BCUT2D eigenvalue weighted by Gasteiger charge is -2.07. The highest BCUT2D eigenvalue weighted by Gasteiger charge is 2.10. The monoisotopic (exact) mass is 336 g/mol. The molecular weight excluding hydrogens is 316 g/mol. The van der Waals surface area contributed by atoms with Gasteiger partial charge in [0.25, 0.3) is 0 Å². The van der Waals surface area contributed by atoms with Crippen molar-refractivity contribution < 1.29 is 13.9 Å². The van der Waals surface area contributed by atoms with E-state index < -0.39 is 0 Å². The summed E-state index contributed by atoms with van der Waals surface area (Å²) in [5, 5.41) is 0.530. The molecule has 4 heteroatoms. The molecule has 3 aromatic rings. The van der Waals surface area contributed by atoms with Gasteiger partial charge in [-0.3, -0.25) is 4.79 Å². The summed E-state index contributed by atoms with van der Waals surface area (Å²) in [6.07, 6.45) is 3.50. The fourth-order valence-electron chi connectivity index (χ4n) is 2.47. The molecule has 2 aromatic carbocycles. The second kappa shape index (κ2) is 7.26. The van der Waals surface area contributed by atoms with Crippen LogP contribution < -0.4 is 14.9 Å². The summed E-state index contributed by atoms with van der Waals surface area (Å²) in [5.41, 5.74) is 2.97. The Labute approximate surface area is 146 Å². The third kappa shape index (κ3) is 3.74. The smallest absolute Gasteiger partial charge is 0.200 e. The predicted molar refractivity (Wildman–Crippen MR) is 99.4 cm³/mol. The van der Waals surface area contributed by atoms with Crippen molar-refractivity contribution in [3.8, 4) is 22.6 Å². The van der Waals surface area contributed by atoms with E-state index in [1.165, 1.54) is 11.8 Å². The number of hydrogen-bond donors (Lipinski definition) is 0. The van der Waals surface area contributed by atoms with E-state index in [0.29, 0.717) is 28.9 Å². The maximum atomic E-state index is 12.7. The highest BCUT2D eigenvalue weighted by Crippen LogP contribution is 2.24. The molecule has 4 nitrogen and oxygen atoms in total. The number of methoxy groups -OCH3 is 1. The average Bonchev–Trinajstić information content (AvgIpc) is 2.62. The minimum atomic E-state index is -0.0675. The molecular formula is C21H20O4. The molecule has 0 aliphatic carbocycles. The molecule has 0 atom stereocenters. The standard InChI is InChI=1S/C21H20O4/c1-14(2)10-11-24-16-6-4-15(5-7-16)19-13-25-20-12-17(23-3)8-9-18(20)21(19)22/h4-10,12-13H,11H2,1-3H3. The van der Waals surface area contributed by atoms with Crippen LogP contribution in [0.4, 0.5) is 0 Å². The van der Waals surface area contributed by atoms with Crippen molar-refractivity contribution in [2.45, 2.75) is 13.8 Å². The van der Waals surface area contributed by atoms with Crippen molar-refractivity contribution in [1.29, 1.82) is 0 Å². The molecule has 0 radical (unpaired) electrons. The van der Waals surface area contributed by atoms with Crippen LogP contribution in [0.1, 0.15) is 13.8 Å². The van der Waals surface area contributed by atoms with Gasteiger partial charge in [-0.15, -0.1) is 0 Å². The molecule has 1 heterocycles. The molecule has 128 valence electrons. The second-order valence-corrected chi connectivity index (χ2v) is 5.96. The summed E-state index contributed by atoms with van der Waals surface area (Å²) in [4.78, 5) is 12.7. The van der Waals surface area contributed by atoms with Crippen molar-refractivity contribution in [3.05, 3.63) is 70.6 Å². The van der Waals surface area contributed by atoms with E-state index in [2.05, 4.69) is 0 Å². The minimum absolute atomic E-state index is 0.0675. The van der Waals surface area contributed by atoms with Crippen LogP contribution in [-0.4, -0.2) is 13.7 Å². The lowest BCUT2D eigenvalue weighted by atomic mass is 10.1. The number of ether oxygens (including phenoxy) is 2. The Bertz CT molecular complexity index is 961. The normalized spacial score (nSPS) is 10.5. The van der Waals surface area contributed by atoms with Crippen molar-refractivity contribution in [2.75, 3.05) is 13.7 Å². The zero-order valence-corrected chi connectivity index (χ0v) is 14.5. The number of benzene rings is 2. The third-order valence-corrected chi connectivity index (χ3v) is 3.89. The van der Waals surface area contributed by atoms with Crippen LogP contribution in [0, 0.1) is 0 Å². The summed E-state index contributed by atoms with van der Waals surface area (Å²) in [6, 6.07) is 12.6. The van der Waals surface area contributed by atoms with E-state index in [-0.39, 0.29) is 5.43 Å². The van der Waals surface area contributed by atoms with Crippen LogP contribution in [-0.2, 0) is 0 Å². The first kappa shape index (κ1) is 16.8. The quantitative estimate of drug-likeness (QED) is 0.627. The summed E-state index contributed by atoms with van der Waals surface area (Å²) in [5.74, 6) is 1.41. The Morgan fingerprint density at radius 2 is 1.80 bits per heavy atom. The van der Waals surface area contributed by atoms with Crippen LogP contribution in [0.25, 0.3) is 22.1 Å². The largest absolute Gasteiger partial charge is 0.497 e. The van der Waals surface area contributed by atoms with E-state index in [4.69, 9.17) is 13.9 Å². The molecule has 0 amide bonds. The summed E-state index contributed by atoms with van der Waals surface area (Å²) >= 11 is 0. The fourth-order valence-corrected chi connectivity index (χ4v) is 2.47. The molecule has 0 saturated carbocycles. The highest BCUT2D eigenvalue weighted by atomic mass is 16.5. The van der Waals surface area contributed by atoms with Gasteiger partial charge in [0.2, 0.25) is 0 Å². The van der Waals surface area contributed by atoms with E-state index in [1.807, 2.05) is 44.2 Å². The van der Waals surface area contributed by atoms with Gasteiger partial charge >= 0.3 is 0 Å². The van der Waals surface area contributed by atoms with Crippen molar-refractivity contribution >= 4 is 11.0 Å². The molecule has 1 aromatic heterocycles. The number of fused-ring (bicyclic) bond motifs is 1. The molecule has 3 rings (SSSR count). The second-order valence-electron chi connectivity index (χ2n) is 5.96. The molecule has 25 heavy (non-hydrogen) atoms. The van der Waals surface area contributed by atoms with Crippen LogP contribution in [0.2, 0.25) is 0 Å². The van der Waals surface area contributed by atoms with Crippen LogP contribution in [0.3, 0.4) is 0 Å². The maximum absolute atomic E-state index is 12.7. The van der Waals surface area contributed by atoms with E-state index in [9.17, 15) is 4.79 Å². The average molecular weight is 336 g/mol. The summed E-state index contributed by atoms with van der Waals surface area (Å²) in [6.45, 7) is 4.59. The van der Waals surface area contributed by atoms with Crippen LogP contribution in [0.5, 0.6) is 11.5 Å². The summed E-state index contributed by atoms with van der Waals surface area (Å²) in [7, 11) is 1.58. The molecule has 0 spiro atoms. The van der Waals surface area contributed by atoms with Gasteiger partial charge in [0, 0.05) is 6.07 Å². The molecule has 0 fully saturated rings. The third-order valence-electron chi connectivity index (χ3n) is 3.89. The van der Waals surface area contributed by atoms with E-state index in [1.54, 1.807) is 25.3 Å². The zero-order valence-electron chi connectivity index (χ0n) is 14.5. The van der Waals surface area contributed by atoms with Crippen molar-refractivity contribution in [1.82, 2.24) is 0 Å². The Morgan fingerprint density at radius 3 is 2.48 bits per heavy atom. The lowest BCUT2D eigenvalue weighted by Crippen LogP contribution is -2.04. The van der Waals surface area contributed by atoms with Gasteiger partial charge in [-0.2, -0.15) is 0 Å². The Kier molecular flexibility index (Phi) is 4.89. The van der Waals surface area contributed by atoms with Crippen molar-refractivity contribution in [2.24, 2.45) is 0 Å².